The molecule has 2 amide bonds. The number of pyridine rings is 1. The highest BCUT2D eigenvalue weighted by Gasteiger charge is 2.37. The summed E-state index contributed by atoms with van der Waals surface area (Å²) < 4.78 is 28.4. The summed E-state index contributed by atoms with van der Waals surface area (Å²) >= 11 is 1.09. The number of carbonyl (C=O) groups excluding carboxylic acids is 2. The molecule has 1 fully saturated rings. The van der Waals surface area contributed by atoms with Gasteiger partial charge in [-0.3, -0.25) is 19.5 Å². The maximum Gasteiger partial charge on any atom is 0.280 e. The number of fused-ring (bicyclic) bond motifs is 1. The maximum absolute atomic E-state index is 12.7. The van der Waals surface area contributed by atoms with Crippen LogP contribution in [0, 0.1) is 0 Å². The quantitative estimate of drug-likeness (QED) is 0.594. The lowest BCUT2D eigenvalue weighted by atomic mass is 10.1. The molecular formula is C19H21N3O4S2. The number of amides is 2. The van der Waals surface area contributed by atoms with Crippen molar-refractivity contribution in [1.29, 1.82) is 0 Å². The molecule has 28 heavy (non-hydrogen) atoms. The van der Waals surface area contributed by atoms with Crippen molar-refractivity contribution in [3.8, 4) is 0 Å². The molecule has 3 heterocycles. The van der Waals surface area contributed by atoms with Crippen molar-refractivity contribution in [3.05, 3.63) is 46.6 Å². The Morgan fingerprint density at radius 3 is 2.54 bits per heavy atom. The lowest BCUT2D eigenvalue weighted by molar-refractivity contribution is 0.0642. The SMILES string of the molecule is O=C1c2cccnc2C(=O)N1Cc1ccc(S(=O)(=O)NC2CCCCCC2)s1. The van der Waals surface area contributed by atoms with E-state index in [-0.39, 0.29) is 28.1 Å². The second-order valence-electron chi connectivity index (χ2n) is 7.13. The first-order chi connectivity index (χ1) is 13.5. The molecule has 0 unspecified atom stereocenters. The molecule has 0 spiro atoms. The van der Waals surface area contributed by atoms with Crippen LogP contribution in [0.1, 0.15) is 64.2 Å². The highest BCUT2D eigenvalue weighted by atomic mass is 32.2. The van der Waals surface area contributed by atoms with Crippen LogP contribution in [0.15, 0.2) is 34.7 Å². The fourth-order valence-electron chi connectivity index (χ4n) is 3.68. The van der Waals surface area contributed by atoms with E-state index in [1.807, 2.05) is 0 Å². The fraction of sp³-hybridized carbons (Fsp3) is 0.421. The monoisotopic (exact) mass is 419 g/mol. The number of imide groups is 1. The van der Waals surface area contributed by atoms with E-state index in [1.54, 1.807) is 18.2 Å². The molecule has 148 valence electrons. The topological polar surface area (TPSA) is 96.4 Å². The van der Waals surface area contributed by atoms with Crippen molar-refractivity contribution < 1.29 is 18.0 Å². The Balaban J connectivity index is 1.47. The van der Waals surface area contributed by atoms with Crippen LogP contribution in [0.2, 0.25) is 0 Å². The number of sulfonamides is 1. The largest absolute Gasteiger partial charge is 0.280 e. The molecule has 0 atom stereocenters. The van der Waals surface area contributed by atoms with E-state index in [1.165, 1.54) is 12.3 Å². The Kier molecular flexibility index (Phi) is 5.31. The van der Waals surface area contributed by atoms with Gasteiger partial charge in [0.25, 0.3) is 11.8 Å². The van der Waals surface area contributed by atoms with Crippen molar-refractivity contribution in [1.82, 2.24) is 14.6 Å². The zero-order chi connectivity index (χ0) is 19.7. The van der Waals surface area contributed by atoms with E-state index in [0.29, 0.717) is 4.88 Å². The van der Waals surface area contributed by atoms with Gasteiger partial charge in [0, 0.05) is 17.1 Å². The molecule has 2 aromatic heterocycles. The van der Waals surface area contributed by atoms with Crippen LogP contribution in [0.3, 0.4) is 0 Å². The van der Waals surface area contributed by atoms with Crippen LogP contribution in [0.4, 0.5) is 0 Å². The minimum absolute atomic E-state index is 0.0274. The van der Waals surface area contributed by atoms with Crippen LogP contribution in [0.25, 0.3) is 0 Å². The van der Waals surface area contributed by atoms with E-state index in [4.69, 9.17) is 0 Å². The Morgan fingerprint density at radius 1 is 1.07 bits per heavy atom. The number of hydrogen-bond donors (Lipinski definition) is 1. The number of rotatable bonds is 5. The number of aromatic nitrogens is 1. The van der Waals surface area contributed by atoms with E-state index >= 15 is 0 Å². The van der Waals surface area contributed by atoms with Crippen LogP contribution < -0.4 is 4.72 Å². The second kappa shape index (κ2) is 7.73. The van der Waals surface area contributed by atoms with Gasteiger partial charge in [-0.05, 0) is 37.1 Å². The lowest BCUT2D eigenvalue weighted by Gasteiger charge is -2.15. The Labute approximate surface area is 167 Å². The highest BCUT2D eigenvalue weighted by Crippen LogP contribution is 2.28. The molecule has 0 bridgehead atoms. The number of thiophene rings is 1. The van der Waals surface area contributed by atoms with Crippen molar-refractivity contribution in [2.45, 2.75) is 55.3 Å². The van der Waals surface area contributed by atoms with Gasteiger partial charge in [0.2, 0.25) is 10.0 Å². The zero-order valence-electron chi connectivity index (χ0n) is 15.3. The molecule has 2 aliphatic rings. The summed E-state index contributed by atoms with van der Waals surface area (Å²) in [4.78, 5) is 30.6. The number of hydrogen-bond acceptors (Lipinski definition) is 6. The summed E-state index contributed by atoms with van der Waals surface area (Å²) in [5.74, 6) is -0.850. The maximum atomic E-state index is 12.7. The molecule has 4 rings (SSSR count). The first kappa shape index (κ1) is 19.2. The van der Waals surface area contributed by atoms with Gasteiger partial charge in [-0.2, -0.15) is 0 Å². The van der Waals surface area contributed by atoms with Gasteiger partial charge in [-0.15, -0.1) is 11.3 Å². The third kappa shape index (κ3) is 3.74. The molecule has 1 N–H and O–H groups in total. The van der Waals surface area contributed by atoms with Gasteiger partial charge in [0.15, 0.2) is 0 Å². The highest BCUT2D eigenvalue weighted by molar-refractivity contribution is 7.91. The summed E-state index contributed by atoms with van der Waals surface area (Å²) in [5, 5.41) is 0. The van der Waals surface area contributed by atoms with Crippen molar-refractivity contribution in [2.75, 3.05) is 0 Å². The lowest BCUT2D eigenvalue weighted by Crippen LogP contribution is -2.34. The van der Waals surface area contributed by atoms with Gasteiger partial charge < -0.3 is 0 Å². The Bertz CT molecular complexity index is 973. The summed E-state index contributed by atoms with van der Waals surface area (Å²) in [6.07, 6.45) is 7.57. The summed E-state index contributed by atoms with van der Waals surface area (Å²) in [7, 11) is -3.60. The van der Waals surface area contributed by atoms with Crippen molar-refractivity contribution >= 4 is 33.2 Å². The Hall–Kier alpha value is -2.10. The predicted octanol–water partition coefficient (Wildman–Crippen LogP) is 2.94. The third-order valence-corrected chi connectivity index (χ3v) is 8.21. The van der Waals surface area contributed by atoms with Crippen molar-refractivity contribution in [2.24, 2.45) is 0 Å². The molecule has 1 aliphatic carbocycles. The van der Waals surface area contributed by atoms with Gasteiger partial charge in [0.05, 0.1) is 12.1 Å². The van der Waals surface area contributed by atoms with Crippen LogP contribution in [-0.4, -0.2) is 36.2 Å². The first-order valence-corrected chi connectivity index (χ1v) is 11.7. The molecule has 7 nitrogen and oxygen atoms in total. The smallest absolute Gasteiger partial charge is 0.268 e. The van der Waals surface area contributed by atoms with E-state index < -0.39 is 21.8 Å². The minimum Gasteiger partial charge on any atom is -0.268 e. The zero-order valence-corrected chi connectivity index (χ0v) is 16.9. The fourth-order valence-corrected chi connectivity index (χ4v) is 6.34. The molecular weight excluding hydrogens is 398 g/mol. The summed E-state index contributed by atoms with van der Waals surface area (Å²) in [5.41, 5.74) is 0.430. The van der Waals surface area contributed by atoms with Gasteiger partial charge in [0.1, 0.15) is 9.90 Å². The normalized spacial score (nSPS) is 18.4. The Morgan fingerprint density at radius 2 is 1.82 bits per heavy atom. The van der Waals surface area contributed by atoms with E-state index in [2.05, 4.69) is 9.71 Å². The van der Waals surface area contributed by atoms with Gasteiger partial charge in [-0.25, -0.2) is 13.1 Å². The molecule has 0 radical (unpaired) electrons. The first-order valence-electron chi connectivity index (χ1n) is 9.38. The summed E-state index contributed by atoms with van der Waals surface area (Å²) in [6, 6.07) is 6.35. The van der Waals surface area contributed by atoms with E-state index in [9.17, 15) is 18.0 Å². The standard InChI is InChI=1S/C19H21N3O4S2/c23-18-15-8-5-11-20-17(15)19(24)22(18)12-14-9-10-16(27-14)28(25,26)21-13-6-3-1-2-4-7-13/h5,8-11,13,21H,1-4,6-7,12H2. The molecule has 1 aliphatic heterocycles. The van der Waals surface area contributed by atoms with Crippen LogP contribution in [0.5, 0.6) is 0 Å². The van der Waals surface area contributed by atoms with Crippen LogP contribution >= 0.6 is 11.3 Å². The molecule has 0 aromatic carbocycles. The summed E-state index contributed by atoms with van der Waals surface area (Å²) in [6.45, 7) is 0.0393. The van der Waals surface area contributed by atoms with E-state index in [0.717, 1.165) is 54.8 Å². The van der Waals surface area contributed by atoms with Gasteiger partial charge in [-0.1, -0.05) is 25.7 Å². The molecule has 1 saturated carbocycles. The molecule has 9 heteroatoms. The number of nitrogens with one attached hydrogen (secondary N) is 1. The van der Waals surface area contributed by atoms with Crippen LogP contribution in [-0.2, 0) is 16.6 Å². The molecule has 2 aromatic rings. The average Bonchev–Trinajstić information content (AvgIpc) is 3.14. The van der Waals surface area contributed by atoms with Crippen molar-refractivity contribution in [3.63, 3.8) is 0 Å². The molecule has 0 saturated heterocycles. The average molecular weight is 420 g/mol. The minimum atomic E-state index is -3.60. The number of nitrogens with zero attached hydrogens (tertiary/aromatic N) is 2. The van der Waals surface area contributed by atoms with Gasteiger partial charge >= 0.3 is 0 Å². The number of carbonyl (C=O) groups is 2. The second-order valence-corrected chi connectivity index (χ2v) is 10.2. The predicted molar refractivity (Wildman–Crippen MR) is 105 cm³/mol. The third-order valence-electron chi connectivity index (χ3n) is 5.12.